The van der Waals surface area contributed by atoms with Crippen LogP contribution >= 0.6 is 0 Å². The predicted octanol–water partition coefficient (Wildman–Crippen LogP) is 1.82. The van der Waals surface area contributed by atoms with E-state index in [1.807, 2.05) is 0 Å². The monoisotopic (exact) mass is 498 g/mol. The molecule has 0 unspecified atom stereocenters. The van der Waals surface area contributed by atoms with Crippen molar-refractivity contribution in [2.75, 3.05) is 20.8 Å². The maximum Gasteiger partial charge on any atom is 0.340 e. The fraction of sp³-hybridized carbons (Fsp3) is 0.280. The van der Waals surface area contributed by atoms with Gasteiger partial charge in [0.25, 0.3) is 0 Å². The molecule has 11 heteroatoms. The lowest BCUT2D eigenvalue weighted by atomic mass is 10.0. The highest BCUT2D eigenvalue weighted by atomic mass is 16.5. The fourth-order valence-corrected chi connectivity index (χ4v) is 3.75. The van der Waals surface area contributed by atoms with Gasteiger partial charge in [0.2, 0.25) is 11.8 Å². The van der Waals surface area contributed by atoms with E-state index in [0.29, 0.717) is 28.0 Å². The van der Waals surface area contributed by atoms with Crippen LogP contribution in [0.1, 0.15) is 29.2 Å². The Morgan fingerprint density at radius 1 is 1.03 bits per heavy atom. The molecule has 0 aliphatic carbocycles. The van der Waals surface area contributed by atoms with Crippen molar-refractivity contribution in [1.29, 1.82) is 0 Å². The number of nitrogens with one attached hydrogen (secondary N) is 2. The summed E-state index contributed by atoms with van der Waals surface area (Å²) in [6, 6.07) is 8.33. The number of carbonyl (C=O) groups excluding carboxylic acids is 2. The summed E-state index contributed by atoms with van der Waals surface area (Å²) in [6.45, 7) is 1.10. The lowest BCUT2D eigenvalue weighted by Crippen LogP contribution is -2.36. The molecule has 0 aliphatic heterocycles. The van der Waals surface area contributed by atoms with Gasteiger partial charge in [-0.3, -0.25) is 14.4 Å². The molecule has 0 saturated carbocycles. The second kappa shape index (κ2) is 11.3. The van der Waals surface area contributed by atoms with Crippen LogP contribution in [0.25, 0.3) is 11.0 Å². The predicted molar refractivity (Wildman–Crippen MR) is 128 cm³/mol. The normalized spacial score (nSPS) is 11.5. The van der Waals surface area contributed by atoms with Gasteiger partial charge in [-0.05, 0) is 42.3 Å². The maximum absolute atomic E-state index is 13.0. The molecule has 11 nitrogen and oxygen atoms in total. The minimum Gasteiger partial charge on any atom is -0.508 e. The minimum absolute atomic E-state index is 0.0607. The molecule has 0 fully saturated rings. The zero-order valence-corrected chi connectivity index (χ0v) is 19.9. The number of hydrogen-bond donors (Lipinski definition) is 4. The summed E-state index contributed by atoms with van der Waals surface area (Å²) in [6.07, 6.45) is -0.593. The average molecular weight is 498 g/mol. The zero-order valence-electron chi connectivity index (χ0n) is 19.9. The molecule has 0 bridgehead atoms. The molecule has 0 aliphatic rings. The number of carboxylic acids is 1. The lowest BCUT2D eigenvalue weighted by molar-refractivity contribution is -0.138. The summed E-state index contributed by atoms with van der Waals surface area (Å²) < 4.78 is 15.8. The summed E-state index contributed by atoms with van der Waals surface area (Å²) in [5, 5.41) is 24.0. The molecule has 1 heterocycles. The molecule has 2 aromatic carbocycles. The lowest BCUT2D eigenvalue weighted by Gasteiger charge is -2.20. The molecular formula is C25H26N2O9. The molecule has 4 N–H and O–H groups in total. The molecule has 0 radical (unpaired) electrons. The van der Waals surface area contributed by atoms with Crippen LogP contribution in [0, 0.1) is 6.92 Å². The van der Waals surface area contributed by atoms with Crippen molar-refractivity contribution < 1.29 is 38.5 Å². The van der Waals surface area contributed by atoms with Gasteiger partial charge >= 0.3 is 11.6 Å². The number of benzene rings is 2. The van der Waals surface area contributed by atoms with Crippen LogP contribution in [0.4, 0.5) is 0 Å². The standard InChI is InChI=1S/C25H26N2O9/c1-13-16-6-5-15(28)9-20(16)36-25(33)17(13)10-23(30)27-18(11-22(29)26-12-24(31)32)14-4-7-19(34-2)21(8-14)35-3/h4-9,18,28H,10-12H2,1-3H3,(H,26,29)(H,27,30)(H,31,32)/t18-/m1/s1. The van der Waals surface area contributed by atoms with Crippen LogP contribution in [0.3, 0.4) is 0 Å². The van der Waals surface area contributed by atoms with E-state index >= 15 is 0 Å². The van der Waals surface area contributed by atoms with E-state index in [2.05, 4.69) is 10.6 Å². The number of fused-ring (bicyclic) bond motifs is 1. The third-order valence-electron chi connectivity index (χ3n) is 5.58. The van der Waals surface area contributed by atoms with E-state index in [1.165, 1.54) is 26.4 Å². The SMILES string of the molecule is COc1ccc([C@@H](CC(=O)NCC(=O)O)NC(=O)Cc2c(C)c3ccc(O)cc3oc2=O)cc1OC. The number of rotatable bonds is 10. The molecule has 1 atom stereocenters. The zero-order chi connectivity index (χ0) is 26.4. The van der Waals surface area contributed by atoms with Gasteiger partial charge in [-0.1, -0.05) is 6.07 Å². The van der Waals surface area contributed by atoms with Crippen LogP contribution in [-0.4, -0.2) is 48.8 Å². The molecule has 2 amide bonds. The van der Waals surface area contributed by atoms with Gasteiger partial charge in [0.05, 0.1) is 38.7 Å². The van der Waals surface area contributed by atoms with Crippen molar-refractivity contribution >= 4 is 28.8 Å². The Balaban J connectivity index is 1.88. The molecule has 0 saturated heterocycles. The van der Waals surface area contributed by atoms with Gasteiger partial charge in [-0.2, -0.15) is 0 Å². The summed E-state index contributed by atoms with van der Waals surface area (Å²) >= 11 is 0. The third kappa shape index (κ3) is 6.12. The molecule has 0 spiro atoms. The number of phenolic OH excluding ortho intramolecular Hbond substituents is 1. The van der Waals surface area contributed by atoms with Gasteiger partial charge in [0.15, 0.2) is 11.5 Å². The number of phenols is 1. The second-order valence-corrected chi connectivity index (χ2v) is 7.96. The number of aryl methyl sites for hydroxylation is 1. The molecule has 36 heavy (non-hydrogen) atoms. The van der Waals surface area contributed by atoms with Crippen molar-refractivity contribution in [3.8, 4) is 17.2 Å². The summed E-state index contributed by atoms with van der Waals surface area (Å²) in [5.74, 6) is -1.61. The van der Waals surface area contributed by atoms with Crippen LogP contribution in [-0.2, 0) is 20.8 Å². The van der Waals surface area contributed by atoms with E-state index in [0.717, 1.165) is 0 Å². The first kappa shape index (κ1) is 26.1. The number of aromatic hydroxyl groups is 1. The number of ether oxygens (including phenoxy) is 2. The summed E-state index contributed by atoms with van der Waals surface area (Å²) in [4.78, 5) is 48.7. The molecule has 1 aromatic heterocycles. The highest BCUT2D eigenvalue weighted by molar-refractivity contribution is 5.86. The average Bonchev–Trinajstić information content (AvgIpc) is 2.84. The van der Waals surface area contributed by atoms with E-state index in [1.54, 1.807) is 31.2 Å². The van der Waals surface area contributed by atoms with Crippen LogP contribution in [0.5, 0.6) is 17.2 Å². The summed E-state index contributed by atoms with van der Waals surface area (Å²) in [7, 11) is 2.91. The molecule has 3 aromatic rings. The van der Waals surface area contributed by atoms with Crippen LogP contribution < -0.4 is 25.7 Å². The third-order valence-corrected chi connectivity index (χ3v) is 5.58. The molecule has 3 rings (SSSR count). The largest absolute Gasteiger partial charge is 0.508 e. The van der Waals surface area contributed by atoms with Crippen molar-refractivity contribution in [3.63, 3.8) is 0 Å². The number of carbonyl (C=O) groups is 3. The highest BCUT2D eigenvalue weighted by Gasteiger charge is 2.22. The van der Waals surface area contributed by atoms with Crippen molar-refractivity contribution in [1.82, 2.24) is 10.6 Å². The molecule has 190 valence electrons. The Bertz CT molecular complexity index is 1360. The quantitative estimate of drug-likeness (QED) is 0.305. The summed E-state index contributed by atoms with van der Waals surface area (Å²) in [5.41, 5.74) is 0.636. The van der Waals surface area contributed by atoms with Crippen molar-refractivity contribution in [3.05, 3.63) is 63.5 Å². The molecular weight excluding hydrogens is 472 g/mol. The first-order valence-corrected chi connectivity index (χ1v) is 10.9. The number of carboxylic acid groups (broad SMARTS) is 1. The topological polar surface area (TPSA) is 164 Å². The Morgan fingerprint density at radius 3 is 2.42 bits per heavy atom. The van der Waals surface area contributed by atoms with Gasteiger partial charge in [-0.15, -0.1) is 0 Å². The van der Waals surface area contributed by atoms with Gasteiger partial charge < -0.3 is 34.7 Å². The smallest absolute Gasteiger partial charge is 0.340 e. The Morgan fingerprint density at radius 2 is 1.75 bits per heavy atom. The Hall–Kier alpha value is -4.54. The number of aliphatic carboxylic acids is 1. The Labute approximate surface area is 205 Å². The van der Waals surface area contributed by atoms with Gasteiger partial charge in [-0.25, -0.2) is 4.79 Å². The van der Waals surface area contributed by atoms with E-state index in [4.69, 9.17) is 19.0 Å². The van der Waals surface area contributed by atoms with E-state index < -0.39 is 36.0 Å². The number of methoxy groups -OCH3 is 2. The van der Waals surface area contributed by atoms with Crippen LogP contribution in [0.2, 0.25) is 0 Å². The number of amides is 2. The van der Waals surface area contributed by atoms with Crippen molar-refractivity contribution in [2.45, 2.75) is 25.8 Å². The first-order chi connectivity index (χ1) is 17.1. The van der Waals surface area contributed by atoms with Gasteiger partial charge in [0, 0.05) is 11.5 Å². The van der Waals surface area contributed by atoms with Crippen molar-refractivity contribution in [2.24, 2.45) is 0 Å². The van der Waals surface area contributed by atoms with E-state index in [-0.39, 0.29) is 29.7 Å². The van der Waals surface area contributed by atoms with Gasteiger partial charge in [0.1, 0.15) is 17.9 Å². The fourth-order valence-electron chi connectivity index (χ4n) is 3.75. The van der Waals surface area contributed by atoms with Crippen LogP contribution in [0.15, 0.2) is 45.6 Å². The maximum atomic E-state index is 13.0. The first-order valence-electron chi connectivity index (χ1n) is 10.9. The minimum atomic E-state index is -1.21. The highest BCUT2D eigenvalue weighted by Crippen LogP contribution is 2.31. The second-order valence-electron chi connectivity index (χ2n) is 7.96. The van der Waals surface area contributed by atoms with E-state index in [9.17, 15) is 24.3 Å². The Kier molecular flexibility index (Phi) is 8.15. The number of hydrogen-bond acceptors (Lipinski definition) is 8.